The summed E-state index contributed by atoms with van der Waals surface area (Å²) in [6.45, 7) is 8.52. The second-order valence-corrected chi connectivity index (χ2v) is 6.15. The largest absolute Gasteiger partial charge is 0.343 e. The second kappa shape index (κ2) is 11.1. The number of nitrogens with one attached hydrogen (secondary N) is 1. The summed E-state index contributed by atoms with van der Waals surface area (Å²) in [5, 5.41) is 3.42. The van der Waals surface area contributed by atoms with Gasteiger partial charge in [0.25, 0.3) is 0 Å². The Morgan fingerprint density at radius 3 is 2.35 bits per heavy atom. The minimum Gasteiger partial charge on any atom is -0.343 e. The van der Waals surface area contributed by atoms with Gasteiger partial charge < -0.3 is 10.2 Å². The smallest absolute Gasteiger partial charge is 0.222 e. The first kappa shape index (κ1) is 17.5. The minimum absolute atomic E-state index is 0.391. The van der Waals surface area contributed by atoms with Crippen LogP contribution in [-0.2, 0) is 4.79 Å². The zero-order valence-corrected chi connectivity index (χ0v) is 13.6. The van der Waals surface area contributed by atoms with E-state index in [1.165, 1.54) is 44.9 Å². The number of amides is 1. The van der Waals surface area contributed by atoms with Gasteiger partial charge in [-0.3, -0.25) is 4.79 Å². The number of nitrogens with zero attached hydrogens (tertiary/aromatic N) is 1. The van der Waals surface area contributed by atoms with Crippen LogP contribution in [-0.4, -0.2) is 37.0 Å². The number of piperidine rings is 1. The second-order valence-electron chi connectivity index (χ2n) is 6.15. The molecule has 0 saturated carbocycles. The summed E-state index contributed by atoms with van der Waals surface area (Å²) < 4.78 is 0. The highest BCUT2D eigenvalue weighted by Crippen LogP contribution is 2.18. The number of rotatable bonds is 10. The molecule has 1 fully saturated rings. The van der Waals surface area contributed by atoms with Gasteiger partial charge in [0.05, 0.1) is 0 Å². The standard InChI is InChI=1S/C17H34N2O/c1-3-5-6-7-8-9-10-17(20)19-13-11-16(12-14-19)15-18-4-2/h16,18H,3-15H2,1-2H3. The Morgan fingerprint density at radius 1 is 1.05 bits per heavy atom. The van der Waals surface area contributed by atoms with E-state index in [0.29, 0.717) is 5.91 Å². The Hall–Kier alpha value is -0.570. The van der Waals surface area contributed by atoms with E-state index >= 15 is 0 Å². The normalized spacial score (nSPS) is 16.6. The van der Waals surface area contributed by atoms with Crippen LogP contribution in [0.25, 0.3) is 0 Å². The molecule has 1 aliphatic heterocycles. The Balaban J connectivity index is 2.04. The summed E-state index contributed by atoms with van der Waals surface area (Å²) in [6, 6.07) is 0. The molecule has 0 aromatic heterocycles. The maximum Gasteiger partial charge on any atom is 0.222 e. The van der Waals surface area contributed by atoms with E-state index < -0.39 is 0 Å². The van der Waals surface area contributed by atoms with Crippen molar-refractivity contribution in [3.8, 4) is 0 Å². The number of carbonyl (C=O) groups is 1. The Bertz CT molecular complexity index is 247. The first-order chi connectivity index (χ1) is 9.77. The molecule has 0 aromatic rings. The number of hydrogen-bond donors (Lipinski definition) is 1. The lowest BCUT2D eigenvalue weighted by Gasteiger charge is -2.32. The van der Waals surface area contributed by atoms with Crippen LogP contribution in [0.5, 0.6) is 0 Å². The monoisotopic (exact) mass is 282 g/mol. The van der Waals surface area contributed by atoms with E-state index in [-0.39, 0.29) is 0 Å². The maximum atomic E-state index is 12.1. The van der Waals surface area contributed by atoms with Crippen LogP contribution in [0.2, 0.25) is 0 Å². The predicted octanol–water partition coefficient (Wildman–Crippen LogP) is 3.59. The lowest BCUT2D eigenvalue weighted by atomic mass is 9.96. The molecule has 20 heavy (non-hydrogen) atoms. The van der Waals surface area contributed by atoms with Gasteiger partial charge in [0, 0.05) is 19.5 Å². The van der Waals surface area contributed by atoms with Crippen molar-refractivity contribution >= 4 is 5.91 Å². The third kappa shape index (κ3) is 7.28. The van der Waals surface area contributed by atoms with Crippen LogP contribution in [0.4, 0.5) is 0 Å². The van der Waals surface area contributed by atoms with Crippen molar-refractivity contribution in [3.05, 3.63) is 0 Å². The molecule has 0 unspecified atom stereocenters. The SMILES string of the molecule is CCCCCCCCC(=O)N1CCC(CNCC)CC1. The molecule has 0 bridgehead atoms. The molecule has 1 aliphatic rings. The highest BCUT2D eigenvalue weighted by Gasteiger charge is 2.21. The van der Waals surface area contributed by atoms with Crippen molar-refractivity contribution in [3.63, 3.8) is 0 Å². The van der Waals surface area contributed by atoms with Crippen LogP contribution >= 0.6 is 0 Å². The molecular formula is C17H34N2O. The van der Waals surface area contributed by atoms with E-state index in [0.717, 1.165) is 44.9 Å². The Morgan fingerprint density at radius 2 is 1.70 bits per heavy atom. The highest BCUT2D eigenvalue weighted by atomic mass is 16.2. The third-order valence-corrected chi connectivity index (χ3v) is 4.39. The summed E-state index contributed by atoms with van der Waals surface area (Å²) in [5.74, 6) is 1.16. The number of likely N-dealkylation sites (tertiary alicyclic amines) is 1. The third-order valence-electron chi connectivity index (χ3n) is 4.39. The summed E-state index contributed by atoms with van der Waals surface area (Å²) in [7, 11) is 0. The zero-order chi connectivity index (χ0) is 14.6. The lowest BCUT2D eigenvalue weighted by molar-refractivity contribution is -0.132. The van der Waals surface area contributed by atoms with Gasteiger partial charge >= 0.3 is 0 Å². The van der Waals surface area contributed by atoms with Gasteiger partial charge in [0.15, 0.2) is 0 Å². The molecule has 3 heteroatoms. The van der Waals surface area contributed by atoms with Crippen LogP contribution in [0.1, 0.15) is 71.6 Å². The van der Waals surface area contributed by atoms with Gasteiger partial charge in [-0.15, -0.1) is 0 Å². The zero-order valence-electron chi connectivity index (χ0n) is 13.6. The van der Waals surface area contributed by atoms with Crippen molar-refractivity contribution in [2.75, 3.05) is 26.2 Å². The van der Waals surface area contributed by atoms with E-state index in [9.17, 15) is 4.79 Å². The van der Waals surface area contributed by atoms with Crippen LogP contribution in [0, 0.1) is 5.92 Å². The molecule has 0 spiro atoms. The number of unbranched alkanes of at least 4 members (excludes halogenated alkanes) is 5. The summed E-state index contributed by atoms with van der Waals surface area (Å²) >= 11 is 0. The van der Waals surface area contributed by atoms with Gasteiger partial charge in [-0.2, -0.15) is 0 Å². The van der Waals surface area contributed by atoms with Crippen LogP contribution < -0.4 is 5.32 Å². The summed E-state index contributed by atoms with van der Waals surface area (Å²) in [5.41, 5.74) is 0. The summed E-state index contributed by atoms with van der Waals surface area (Å²) in [4.78, 5) is 14.2. The van der Waals surface area contributed by atoms with Crippen molar-refractivity contribution in [2.45, 2.75) is 71.6 Å². The van der Waals surface area contributed by atoms with Crippen molar-refractivity contribution < 1.29 is 4.79 Å². The molecule has 0 aromatic carbocycles. The van der Waals surface area contributed by atoms with E-state index in [1.54, 1.807) is 0 Å². The fourth-order valence-electron chi connectivity index (χ4n) is 2.95. The molecule has 0 aliphatic carbocycles. The highest BCUT2D eigenvalue weighted by molar-refractivity contribution is 5.76. The molecule has 1 N–H and O–H groups in total. The summed E-state index contributed by atoms with van der Waals surface area (Å²) in [6.07, 6.45) is 10.7. The van der Waals surface area contributed by atoms with E-state index in [2.05, 4.69) is 24.1 Å². The number of carbonyl (C=O) groups excluding carboxylic acids is 1. The van der Waals surface area contributed by atoms with Crippen molar-refractivity contribution in [2.24, 2.45) is 5.92 Å². The fourth-order valence-corrected chi connectivity index (χ4v) is 2.95. The van der Waals surface area contributed by atoms with Crippen LogP contribution in [0.15, 0.2) is 0 Å². The topological polar surface area (TPSA) is 32.3 Å². The van der Waals surface area contributed by atoms with Gasteiger partial charge in [0.1, 0.15) is 0 Å². The van der Waals surface area contributed by atoms with Gasteiger partial charge in [-0.1, -0.05) is 46.0 Å². The molecular weight excluding hydrogens is 248 g/mol. The fraction of sp³-hybridized carbons (Fsp3) is 0.941. The molecule has 0 radical (unpaired) electrons. The Kier molecular flexibility index (Phi) is 9.73. The number of hydrogen-bond acceptors (Lipinski definition) is 2. The maximum absolute atomic E-state index is 12.1. The molecule has 1 amide bonds. The van der Waals surface area contributed by atoms with Crippen molar-refractivity contribution in [1.29, 1.82) is 0 Å². The Labute approximate surface area is 125 Å². The molecule has 3 nitrogen and oxygen atoms in total. The lowest BCUT2D eigenvalue weighted by Crippen LogP contribution is -2.40. The average molecular weight is 282 g/mol. The van der Waals surface area contributed by atoms with Crippen LogP contribution in [0.3, 0.4) is 0 Å². The van der Waals surface area contributed by atoms with Crippen molar-refractivity contribution in [1.82, 2.24) is 10.2 Å². The molecule has 118 valence electrons. The van der Waals surface area contributed by atoms with E-state index in [4.69, 9.17) is 0 Å². The van der Waals surface area contributed by atoms with Gasteiger partial charge in [-0.25, -0.2) is 0 Å². The molecule has 1 saturated heterocycles. The van der Waals surface area contributed by atoms with Gasteiger partial charge in [0.2, 0.25) is 5.91 Å². The minimum atomic E-state index is 0.391. The molecule has 0 atom stereocenters. The first-order valence-electron chi connectivity index (χ1n) is 8.76. The van der Waals surface area contributed by atoms with Gasteiger partial charge in [-0.05, 0) is 38.3 Å². The first-order valence-corrected chi connectivity index (χ1v) is 8.76. The quantitative estimate of drug-likeness (QED) is 0.621. The van der Waals surface area contributed by atoms with E-state index in [1.807, 2.05) is 0 Å². The molecule has 1 rings (SSSR count). The molecule has 1 heterocycles. The predicted molar refractivity (Wildman–Crippen MR) is 85.8 cm³/mol. The average Bonchev–Trinajstić information content (AvgIpc) is 2.49.